The lowest BCUT2D eigenvalue weighted by atomic mass is 9.70. The summed E-state index contributed by atoms with van der Waals surface area (Å²) in [5.74, 6) is -1.61. The molecular weight excluding hydrogens is 542 g/mol. The van der Waals surface area contributed by atoms with Gasteiger partial charge in [-0.1, -0.05) is 67.3 Å². The van der Waals surface area contributed by atoms with Gasteiger partial charge in [-0.05, 0) is 55.2 Å². The number of hydrogen-bond acceptors (Lipinski definition) is 5. The molecule has 3 heterocycles. The third-order valence-electron chi connectivity index (χ3n) is 9.17. The number of fused-ring (bicyclic) bond motifs is 1. The van der Waals surface area contributed by atoms with Crippen molar-refractivity contribution in [1.82, 2.24) is 15.5 Å². The van der Waals surface area contributed by atoms with E-state index in [4.69, 9.17) is 21.1 Å². The first-order valence-corrected chi connectivity index (χ1v) is 14.8. The molecule has 4 aliphatic rings. The maximum absolute atomic E-state index is 14.3. The molecule has 0 radical (unpaired) electrons. The maximum atomic E-state index is 14.3. The third-order valence-corrected chi connectivity index (χ3v) is 9.42. The quantitative estimate of drug-likeness (QED) is 0.459. The fourth-order valence-corrected chi connectivity index (χ4v) is 7.28. The van der Waals surface area contributed by atoms with Gasteiger partial charge in [0.1, 0.15) is 17.4 Å². The van der Waals surface area contributed by atoms with E-state index < -0.39 is 29.1 Å². The van der Waals surface area contributed by atoms with Crippen molar-refractivity contribution in [1.29, 1.82) is 0 Å². The van der Waals surface area contributed by atoms with Crippen LogP contribution in [0.3, 0.4) is 0 Å². The number of amides is 3. The van der Waals surface area contributed by atoms with Crippen molar-refractivity contribution in [3.05, 3.63) is 76.8 Å². The van der Waals surface area contributed by atoms with Crippen LogP contribution in [0, 0.1) is 11.8 Å². The highest BCUT2D eigenvalue weighted by Crippen LogP contribution is 2.59. The van der Waals surface area contributed by atoms with Gasteiger partial charge in [-0.25, -0.2) is 0 Å². The highest BCUT2D eigenvalue weighted by molar-refractivity contribution is 6.30. The first-order valence-electron chi connectivity index (χ1n) is 14.4. The molecule has 9 heteroatoms. The summed E-state index contributed by atoms with van der Waals surface area (Å²) >= 11 is 6.11. The van der Waals surface area contributed by atoms with Crippen LogP contribution in [0.1, 0.15) is 50.2 Å². The molecule has 2 N–H and O–H groups in total. The molecule has 3 aliphatic heterocycles. The molecule has 6 rings (SSSR count). The van der Waals surface area contributed by atoms with Gasteiger partial charge < -0.3 is 25.0 Å². The number of methoxy groups -OCH3 is 1. The van der Waals surface area contributed by atoms with Crippen molar-refractivity contribution in [3.8, 4) is 5.75 Å². The van der Waals surface area contributed by atoms with Crippen LogP contribution in [0.25, 0.3) is 0 Å². The molecule has 0 unspecified atom stereocenters. The first kappa shape index (κ1) is 27.8. The minimum atomic E-state index is -1.22. The minimum absolute atomic E-state index is 0.0703. The van der Waals surface area contributed by atoms with Crippen LogP contribution >= 0.6 is 11.6 Å². The molecule has 3 amide bonds. The number of nitrogens with one attached hydrogen (secondary N) is 2. The van der Waals surface area contributed by atoms with Crippen LogP contribution in [-0.2, 0) is 32.2 Å². The fourth-order valence-electron chi connectivity index (χ4n) is 7.16. The van der Waals surface area contributed by atoms with Crippen LogP contribution in [0.4, 0.5) is 0 Å². The molecule has 1 spiro atoms. The number of ether oxygens (including phenoxy) is 2. The Hall–Kier alpha value is -3.36. The number of benzene rings is 2. The van der Waals surface area contributed by atoms with Crippen LogP contribution in [0.2, 0.25) is 5.02 Å². The van der Waals surface area contributed by atoms with Gasteiger partial charge in [0.2, 0.25) is 17.7 Å². The van der Waals surface area contributed by atoms with Gasteiger partial charge >= 0.3 is 0 Å². The van der Waals surface area contributed by atoms with Gasteiger partial charge in [-0.2, -0.15) is 0 Å². The lowest BCUT2D eigenvalue weighted by molar-refractivity contribution is -0.145. The molecular formula is C32H36ClN3O5. The Balaban J connectivity index is 1.29. The smallest absolute Gasteiger partial charge is 0.246 e. The molecule has 2 aromatic rings. The third kappa shape index (κ3) is 4.91. The minimum Gasteiger partial charge on any atom is -0.497 e. The summed E-state index contributed by atoms with van der Waals surface area (Å²) in [6.07, 6.45) is 8.87. The predicted molar refractivity (Wildman–Crippen MR) is 154 cm³/mol. The Morgan fingerprint density at radius 2 is 1.68 bits per heavy atom. The number of nitrogens with zero attached hydrogens (tertiary/aromatic N) is 1. The summed E-state index contributed by atoms with van der Waals surface area (Å²) in [4.78, 5) is 43.7. The van der Waals surface area contributed by atoms with Gasteiger partial charge in [-0.15, -0.1) is 0 Å². The molecule has 1 saturated carbocycles. The topological polar surface area (TPSA) is 97.0 Å². The van der Waals surface area contributed by atoms with E-state index in [1.807, 2.05) is 55.5 Å². The number of carbonyl (C=O) groups is 3. The molecule has 41 heavy (non-hydrogen) atoms. The number of likely N-dealkylation sites (tertiary alicyclic amines) is 1. The van der Waals surface area contributed by atoms with Crippen molar-refractivity contribution in [2.45, 2.75) is 75.4 Å². The van der Waals surface area contributed by atoms with Gasteiger partial charge in [0.25, 0.3) is 0 Å². The van der Waals surface area contributed by atoms with E-state index in [0.29, 0.717) is 11.6 Å². The molecule has 3 fully saturated rings. The second kappa shape index (κ2) is 10.8. The Kier molecular flexibility index (Phi) is 7.32. The molecule has 0 aromatic heterocycles. The first-order chi connectivity index (χ1) is 19.7. The van der Waals surface area contributed by atoms with Crippen molar-refractivity contribution in [2.24, 2.45) is 11.8 Å². The van der Waals surface area contributed by atoms with Gasteiger partial charge in [0, 0.05) is 24.2 Å². The van der Waals surface area contributed by atoms with Gasteiger partial charge in [0.15, 0.2) is 0 Å². The highest BCUT2D eigenvalue weighted by Gasteiger charge is 2.76. The van der Waals surface area contributed by atoms with Crippen molar-refractivity contribution in [3.63, 3.8) is 0 Å². The number of carbonyl (C=O) groups excluding carboxylic acids is 3. The second-order valence-corrected chi connectivity index (χ2v) is 12.3. The Bertz CT molecular complexity index is 1360. The molecule has 8 nitrogen and oxygen atoms in total. The zero-order chi connectivity index (χ0) is 28.8. The summed E-state index contributed by atoms with van der Waals surface area (Å²) in [6, 6.07) is 13.9. The van der Waals surface area contributed by atoms with E-state index in [1.54, 1.807) is 24.1 Å². The predicted octanol–water partition coefficient (Wildman–Crippen LogP) is 4.15. The average Bonchev–Trinajstić information content (AvgIpc) is 3.54. The SMILES string of the molecule is COc1ccc(CNC(=O)[C@H]2[C@H]3C(=O)N(Cc4ccc(Cl)cc4)[C@H](C(=O)NC4CCCCC4)[C@@]34C=C[C@@]2(C)O4)cc1. The fraction of sp³-hybridized carbons (Fsp3) is 0.469. The van der Waals surface area contributed by atoms with Crippen LogP contribution in [0.5, 0.6) is 5.75 Å². The van der Waals surface area contributed by atoms with Crippen molar-refractivity contribution in [2.75, 3.05) is 7.11 Å². The number of halogens is 1. The molecule has 2 bridgehead atoms. The van der Waals surface area contributed by atoms with Crippen LogP contribution < -0.4 is 15.4 Å². The highest BCUT2D eigenvalue weighted by atomic mass is 35.5. The standard InChI is InChI=1S/C32H36ClN3O5/c1-31-16-17-32(41-31)26(25(31)28(37)34-18-20-10-14-24(40-2)15-11-20)30(39)36(19-21-8-12-22(33)13-9-21)27(32)29(38)35-23-6-4-3-5-7-23/h8-17,23,25-27H,3-7,18-19H2,1-2H3,(H,34,37)(H,35,38)/t25-,26+,27-,31-,32-/m1/s1. The summed E-state index contributed by atoms with van der Waals surface area (Å²) in [5, 5.41) is 6.84. The molecule has 5 atom stereocenters. The summed E-state index contributed by atoms with van der Waals surface area (Å²) < 4.78 is 11.9. The average molecular weight is 578 g/mol. The van der Waals surface area contributed by atoms with E-state index in [-0.39, 0.29) is 30.3 Å². The van der Waals surface area contributed by atoms with Crippen LogP contribution in [-0.4, -0.2) is 53.0 Å². The molecule has 2 saturated heterocycles. The Labute approximate surface area is 245 Å². The lowest BCUT2D eigenvalue weighted by Crippen LogP contribution is -2.56. The zero-order valence-electron chi connectivity index (χ0n) is 23.4. The molecule has 1 aliphatic carbocycles. The summed E-state index contributed by atoms with van der Waals surface area (Å²) in [6.45, 7) is 2.35. The number of hydrogen-bond donors (Lipinski definition) is 2. The van der Waals surface area contributed by atoms with E-state index in [2.05, 4.69) is 10.6 Å². The second-order valence-electron chi connectivity index (χ2n) is 11.8. The van der Waals surface area contributed by atoms with Crippen molar-refractivity contribution >= 4 is 29.3 Å². The maximum Gasteiger partial charge on any atom is 0.246 e. The van der Waals surface area contributed by atoms with E-state index >= 15 is 0 Å². The van der Waals surface area contributed by atoms with Gasteiger partial charge in [0.05, 0.1) is 24.5 Å². The Morgan fingerprint density at radius 3 is 2.37 bits per heavy atom. The largest absolute Gasteiger partial charge is 0.497 e. The molecule has 216 valence electrons. The molecule has 2 aromatic carbocycles. The summed E-state index contributed by atoms with van der Waals surface area (Å²) in [5.41, 5.74) is -0.468. The summed E-state index contributed by atoms with van der Waals surface area (Å²) in [7, 11) is 1.60. The normalized spacial score (nSPS) is 30.4. The van der Waals surface area contributed by atoms with E-state index in [9.17, 15) is 14.4 Å². The van der Waals surface area contributed by atoms with E-state index in [1.165, 1.54) is 6.42 Å². The van der Waals surface area contributed by atoms with E-state index in [0.717, 1.165) is 42.6 Å². The lowest BCUT2D eigenvalue weighted by Gasteiger charge is -2.34. The van der Waals surface area contributed by atoms with Crippen LogP contribution in [0.15, 0.2) is 60.7 Å². The number of rotatable bonds is 8. The van der Waals surface area contributed by atoms with Gasteiger partial charge in [-0.3, -0.25) is 14.4 Å². The Morgan fingerprint density at radius 1 is 1.00 bits per heavy atom. The zero-order valence-corrected chi connectivity index (χ0v) is 24.2. The van der Waals surface area contributed by atoms with Crippen molar-refractivity contribution < 1.29 is 23.9 Å². The monoisotopic (exact) mass is 577 g/mol.